The average molecular weight is 222 g/mol. The maximum absolute atomic E-state index is 13.6. The molecule has 0 amide bonds. The van der Waals surface area contributed by atoms with E-state index in [2.05, 4.69) is 12.2 Å². The number of likely N-dealkylation sites (N-methyl/N-ethyl adjacent to an activating group) is 1. The van der Waals surface area contributed by atoms with Gasteiger partial charge in [0.2, 0.25) is 0 Å². The van der Waals surface area contributed by atoms with Crippen LogP contribution in [0.5, 0.6) is 0 Å². The van der Waals surface area contributed by atoms with E-state index in [0.717, 1.165) is 19.5 Å². The van der Waals surface area contributed by atoms with Gasteiger partial charge in [0.25, 0.3) is 0 Å². The van der Waals surface area contributed by atoms with Crippen molar-refractivity contribution in [1.82, 2.24) is 5.32 Å². The third kappa shape index (κ3) is 2.35. The zero-order valence-electron chi connectivity index (χ0n) is 9.96. The highest BCUT2D eigenvalue weighted by Gasteiger charge is 2.29. The Hall–Kier alpha value is -1.09. The van der Waals surface area contributed by atoms with Crippen molar-refractivity contribution in [3.05, 3.63) is 30.1 Å². The molecule has 1 unspecified atom stereocenters. The topological polar surface area (TPSA) is 15.3 Å². The number of hydrogen-bond donors (Lipinski definition) is 1. The lowest BCUT2D eigenvalue weighted by Gasteiger charge is -2.31. The van der Waals surface area contributed by atoms with E-state index in [1.54, 1.807) is 6.07 Å². The highest BCUT2D eigenvalue weighted by molar-refractivity contribution is 5.47. The molecule has 0 aromatic heterocycles. The van der Waals surface area contributed by atoms with Crippen LogP contribution in [0.1, 0.15) is 19.8 Å². The molecule has 0 radical (unpaired) electrons. The van der Waals surface area contributed by atoms with Crippen molar-refractivity contribution < 1.29 is 4.39 Å². The van der Waals surface area contributed by atoms with E-state index in [-0.39, 0.29) is 11.4 Å². The molecule has 1 fully saturated rings. The van der Waals surface area contributed by atoms with E-state index in [4.69, 9.17) is 0 Å². The Kier molecular flexibility index (Phi) is 3.15. The minimum atomic E-state index is -0.147. The Morgan fingerprint density at radius 1 is 1.44 bits per heavy atom. The van der Waals surface area contributed by atoms with Crippen LogP contribution in [0.15, 0.2) is 24.3 Å². The lowest BCUT2D eigenvalue weighted by atomic mass is 9.99. The minimum Gasteiger partial charge on any atom is -0.370 e. The minimum absolute atomic E-state index is 0.122. The molecule has 1 aromatic carbocycles. The Morgan fingerprint density at radius 2 is 2.19 bits per heavy atom. The van der Waals surface area contributed by atoms with Crippen LogP contribution >= 0.6 is 0 Å². The van der Waals surface area contributed by atoms with Crippen molar-refractivity contribution in [2.75, 3.05) is 25.0 Å². The molecule has 0 saturated carbocycles. The van der Waals surface area contributed by atoms with Gasteiger partial charge in [-0.3, -0.25) is 0 Å². The summed E-state index contributed by atoms with van der Waals surface area (Å²) < 4.78 is 13.6. The third-order valence-electron chi connectivity index (χ3n) is 3.31. The van der Waals surface area contributed by atoms with E-state index >= 15 is 0 Å². The molecule has 1 atom stereocenters. The van der Waals surface area contributed by atoms with Crippen molar-refractivity contribution in [1.29, 1.82) is 0 Å². The number of rotatable bonds is 3. The molecule has 0 aliphatic carbocycles. The maximum atomic E-state index is 13.6. The van der Waals surface area contributed by atoms with Gasteiger partial charge in [-0.05, 0) is 38.4 Å². The first-order valence-corrected chi connectivity index (χ1v) is 5.81. The van der Waals surface area contributed by atoms with E-state index in [1.165, 1.54) is 12.5 Å². The summed E-state index contributed by atoms with van der Waals surface area (Å²) in [6, 6.07) is 6.94. The third-order valence-corrected chi connectivity index (χ3v) is 3.31. The smallest absolute Gasteiger partial charge is 0.146 e. The van der Waals surface area contributed by atoms with Gasteiger partial charge in [0, 0.05) is 19.1 Å². The lowest BCUT2D eigenvalue weighted by molar-refractivity contribution is 0.417. The van der Waals surface area contributed by atoms with Gasteiger partial charge >= 0.3 is 0 Å². The van der Waals surface area contributed by atoms with Crippen molar-refractivity contribution in [2.24, 2.45) is 0 Å². The van der Waals surface area contributed by atoms with Crippen LogP contribution in [-0.4, -0.2) is 25.7 Å². The van der Waals surface area contributed by atoms with Crippen molar-refractivity contribution in [3.8, 4) is 0 Å². The zero-order chi connectivity index (χ0) is 11.6. The summed E-state index contributed by atoms with van der Waals surface area (Å²) >= 11 is 0. The number of nitrogens with zero attached hydrogens (tertiary/aromatic N) is 1. The summed E-state index contributed by atoms with van der Waals surface area (Å²) in [4.78, 5) is 1.99. The number of nitrogens with one attached hydrogen (secondary N) is 1. The average Bonchev–Trinajstić information content (AvgIpc) is 2.65. The van der Waals surface area contributed by atoms with Gasteiger partial charge in [-0.1, -0.05) is 12.1 Å². The number of benzene rings is 1. The molecule has 2 rings (SSSR count). The normalized spacial score (nSPS) is 24.7. The van der Waals surface area contributed by atoms with Crippen molar-refractivity contribution in [2.45, 2.75) is 25.3 Å². The Bertz CT molecular complexity index is 359. The predicted octanol–water partition coefficient (Wildman–Crippen LogP) is 2.40. The van der Waals surface area contributed by atoms with Crippen LogP contribution in [0.3, 0.4) is 0 Å². The molecular formula is C13H19FN2. The van der Waals surface area contributed by atoms with Crippen LogP contribution in [0.4, 0.5) is 10.1 Å². The van der Waals surface area contributed by atoms with Gasteiger partial charge in [0.05, 0.1) is 5.69 Å². The first-order chi connectivity index (χ1) is 7.61. The molecular weight excluding hydrogens is 203 g/mol. The second-order valence-electron chi connectivity index (χ2n) is 4.90. The van der Waals surface area contributed by atoms with E-state index in [0.29, 0.717) is 5.69 Å². The summed E-state index contributed by atoms with van der Waals surface area (Å²) in [5.41, 5.74) is 0.800. The first kappa shape index (κ1) is 11.4. The molecule has 88 valence electrons. The fraction of sp³-hybridized carbons (Fsp3) is 0.538. The molecule has 1 aliphatic rings. The van der Waals surface area contributed by atoms with Gasteiger partial charge < -0.3 is 10.2 Å². The van der Waals surface area contributed by atoms with E-state index in [1.807, 2.05) is 24.1 Å². The van der Waals surface area contributed by atoms with Crippen LogP contribution in [0.2, 0.25) is 0 Å². The summed E-state index contributed by atoms with van der Waals surface area (Å²) in [5, 5.41) is 3.49. The first-order valence-electron chi connectivity index (χ1n) is 5.81. The molecule has 0 spiro atoms. The second kappa shape index (κ2) is 4.42. The SMILES string of the molecule is CN(CC1(C)CCCN1)c1ccccc1F. The lowest BCUT2D eigenvalue weighted by Crippen LogP contribution is -2.46. The molecule has 1 saturated heterocycles. The second-order valence-corrected chi connectivity index (χ2v) is 4.90. The van der Waals surface area contributed by atoms with Crippen LogP contribution < -0.4 is 10.2 Å². The monoisotopic (exact) mass is 222 g/mol. The van der Waals surface area contributed by atoms with Gasteiger partial charge in [0.1, 0.15) is 5.82 Å². The molecule has 0 bridgehead atoms. The Balaban J connectivity index is 2.08. The number of anilines is 1. The molecule has 1 aliphatic heterocycles. The summed E-state index contributed by atoms with van der Waals surface area (Å²) in [7, 11) is 1.95. The van der Waals surface area contributed by atoms with E-state index in [9.17, 15) is 4.39 Å². The van der Waals surface area contributed by atoms with Crippen molar-refractivity contribution in [3.63, 3.8) is 0 Å². The number of para-hydroxylation sites is 1. The fourth-order valence-corrected chi connectivity index (χ4v) is 2.46. The summed E-state index contributed by atoms with van der Waals surface area (Å²) in [5.74, 6) is -0.147. The zero-order valence-corrected chi connectivity index (χ0v) is 9.96. The summed E-state index contributed by atoms with van der Waals surface area (Å²) in [6.07, 6.45) is 2.37. The van der Waals surface area contributed by atoms with Gasteiger partial charge in [-0.2, -0.15) is 0 Å². The number of halogens is 1. The molecule has 2 nitrogen and oxygen atoms in total. The molecule has 1 aromatic rings. The fourth-order valence-electron chi connectivity index (χ4n) is 2.46. The van der Waals surface area contributed by atoms with Crippen LogP contribution in [-0.2, 0) is 0 Å². The maximum Gasteiger partial charge on any atom is 0.146 e. The highest BCUT2D eigenvalue weighted by Crippen LogP contribution is 2.24. The Labute approximate surface area is 96.5 Å². The Morgan fingerprint density at radius 3 is 2.81 bits per heavy atom. The molecule has 3 heteroatoms. The number of hydrogen-bond acceptors (Lipinski definition) is 2. The van der Waals surface area contributed by atoms with Crippen molar-refractivity contribution >= 4 is 5.69 Å². The quantitative estimate of drug-likeness (QED) is 0.845. The standard InChI is InChI=1S/C13H19FN2/c1-13(8-5-9-15-13)10-16(2)12-7-4-3-6-11(12)14/h3-4,6-7,15H,5,8-10H2,1-2H3. The van der Waals surface area contributed by atoms with Gasteiger partial charge in [-0.15, -0.1) is 0 Å². The van der Waals surface area contributed by atoms with Crippen LogP contribution in [0.25, 0.3) is 0 Å². The molecule has 1 heterocycles. The van der Waals surface area contributed by atoms with E-state index < -0.39 is 0 Å². The molecule has 1 N–H and O–H groups in total. The highest BCUT2D eigenvalue weighted by atomic mass is 19.1. The van der Waals surface area contributed by atoms with Gasteiger partial charge in [-0.25, -0.2) is 4.39 Å². The van der Waals surface area contributed by atoms with Crippen LogP contribution in [0, 0.1) is 5.82 Å². The molecule has 16 heavy (non-hydrogen) atoms. The largest absolute Gasteiger partial charge is 0.370 e. The van der Waals surface area contributed by atoms with Gasteiger partial charge in [0.15, 0.2) is 0 Å². The predicted molar refractivity (Wildman–Crippen MR) is 65.3 cm³/mol. The summed E-state index contributed by atoms with van der Waals surface area (Å²) in [6.45, 7) is 4.12.